The summed E-state index contributed by atoms with van der Waals surface area (Å²) >= 11 is 3.68. The van der Waals surface area contributed by atoms with Crippen LogP contribution in [0.4, 0.5) is 34.6 Å². The highest BCUT2D eigenvalue weighted by Crippen LogP contribution is 2.53. The van der Waals surface area contributed by atoms with E-state index < -0.39 is 0 Å². The summed E-state index contributed by atoms with van der Waals surface area (Å²) in [5, 5.41) is 12.0. The van der Waals surface area contributed by atoms with E-state index in [1.165, 1.54) is 95.3 Å². The first kappa shape index (κ1) is 58.7. The predicted octanol–water partition coefficient (Wildman–Crippen LogP) is 26.2. The standard InChI is InChI=1S/C93H60N6S2/c1-93(2)81-53-66(61-37-35-58(36-38-61)60-41-44-68(45-42-60)98(67-25-7-4-8-26-67)91-94-83-33-15-13-27-75(83)87(96-91)77-31-17-29-73-79-51-62-21-9-11-23-64(62)54-85(79)100-89(73)77)43-49-71(81)72-50-48-70(56-82(72)93)99(69-46-39-59(40-47-69)57-19-5-3-6-20-57)92-95-84-34-16-14-28-76(84)88(97-92)78-32-18-30-74-80-52-63-22-10-12-24-65(63)55-86(80)101-90(74)78/h3-56H,1-2H3. The maximum absolute atomic E-state index is 5.71. The van der Waals surface area contributed by atoms with Crippen molar-refractivity contribution in [1.29, 1.82) is 0 Å². The quantitative estimate of drug-likeness (QED) is 0.129. The van der Waals surface area contributed by atoms with Gasteiger partial charge in [0, 0.05) is 90.4 Å². The Balaban J connectivity index is 0.628. The molecule has 0 radical (unpaired) electrons. The lowest BCUT2D eigenvalue weighted by molar-refractivity contribution is 0.660. The smallest absolute Gasteiger partial charge is 0.235 e. The Hall–Kier alpha value is -12.5. The van der Waals surface area contributed by atoms with Crippen LogP contribution in [0.3, 0.4) is 0 Å². The molecule has 0 saturated heterocycles. The molecule has 101 heavy (non-hydrogen) atoms. The lowest BCUT2D eigenvalue weighted by Gasteiger charge is -2.27. The number of para-hydroxylation sites is 3. The van der Waals surface area contributed by atoms with Gasteiger partial charge in [-0.15, -0.1) is 22.7 Å². The average molecular weight is 1330 g/mol. The summed E-state index contributed by atoms with van der Waals surface area (Å²) in [5.74, 6) is 1.21. The number of hydrogen-bond donors (Lipinski definition) is 0. The fraction of sp³-hybridized carbons (Fsp3) is 0.0323. The van der Waals surface area contributed by atoms with Crippen molar-refractivity contribution < 1.29 is 0 Å². The minimum absolute atomic E-state index is 0.339. The van der Waals surface area contributed by atoms with Gasteiger partial charge >= 0.3 is 0 Å². The summed E-state index contributed by atoms with van der Waals surface area (Å²) in [6.45, 7) is 4.74. The molecule has 4 aromatic heterocycles. The molecule has 15 aromatic carbocycles. The van der Waals surface area contributed by atoms with Gasteiger partial charge in [-0.25, -0.2) is 19.9 Å². The van der Waals surface area contributed by atoms with Crippen molar-refractivity contribution in [3.63, 3.8) is 0 Å². The number of hydrogen-bond acceptors (Lipinski definition) is 8. The summed E-state index contributed by atoms with van der Waals surface area (Å²) in [5.41, 5.74) is 21.3. The van der Waals surface area contributed by atoms with Gasteiger partial charge < -0.3 is 0 Å². The summed E-state index contributed by atoms with van der Waals surface area (Å²) in [6, 6.07) is 119. The Bertz CT molecular complexity index is 6540. The molecule has 0 N–H and O–H groups in total. The number of benzene rings is 15. The molecule has 0 amide bonds. The third-order valence-corrected chi connectivity index (χ3v) is 23.1. The van der Waals surface area contributed by atoms with Gasteiger partial charge in [-0.2, -0.15) is 0 Å². The van der Waals surface area contributed by atoms with Gasteiger partial charge in [0.25, 0.3) is 0 Å². The highest BCUT2D eigenvalue weighted by molar-refractivity contribution is 7.26. The lowest BCUT2D eigenvalue weighted by atomic mass is 9.81. The molecule has 0 saturated carbocycles. The topological polar surface area (TPSA) is 58.0 Å². The Morgan fingerprint density at radius 2 is 0.624 bits per heavy atom. The number of anilines is 6. The maximum atomic E-state index is 5.71. The first-order chi connectivity index (χ1) is 49.8. The van der Waals surface area contributed by atoms with Crippen LogP contribution in [0, 0.1) is 0 Å². The van der Waals surface area contributed by atoms with E-state index in [1.54, 1.807) is 0 Å². The highest BCUT2D eigenvalue weighted by atomic mass is 32.1. The zero-order chi connectivity index (χ0) is 66.9. The van der Waals surface area contributed by atoms with Gasteiger partial charge in [0.05, 0.1) is 22.4 Å². The van der Waals surface area contributed by atoms with Crippen LogP contribution < -0.4 is 9.80 Å². The van der Waals surface area contributed by atoms with Crippen molar-refractivity contribution in [2.45, 2.75) is 19.3 Å². The molecule has 0 aliphatic heterocycles. The molecule has 0 fully saturated rings. The molecule has 1 aliphatic carbocycles. The Labute approximate surface area is 591 Å². The van der Waals surface area contributed by atoms with Crippen LogP contribution in [-0.4, -0.2) is 19.9 Å². The van der Waals surface area contributed by atoms with Gasteiger partial charge in [0.15, 0.2) is 0 Å². The lowest BCUT2D eigenvalue weighted by Crippen LogP contribution is -2.18. The Kier molecular flexibility index (Phi) is 13.6. The third-order valence-electron chi connectivity index (χ3n) is 20.7. The predicted molar refractivity (Wildman–Crippen MR) is 428 cm³/mol. The zero-order valence-electron chi connectivity index (χ0n) is 55.2. The number of nitrogens with zero attached hydrogens (tertiary/aromatic N) is 6. The van der Waals surface area contributed by atoms with E-state index in [1.807, 2.05) is 22.7 Å². The van der Waals surface area contributed by atoms with Gasteiger partial charge in [-0.05, 0) is 168 Å². The van der Waals surface area contributed by atoms with Crippen molar-refractivity contribution >= 4 is 141 Å². The third kappa shape index (κ3) is 9.81. The van der Waals surface area contributed by atoms with E-state index in [-0.39, 0.29) is 5.41 Å². The zero-order valence-corrected chi connectivity index (χ0v) is 56.8. The molecule has 0 bridgehead atoms. The largest absolute Gasteiger partial charge is 0.279 e. The van der Waals surface area contributed by atoms with Crippen molar-refractivity contribution in [2.75, 3.05) is 9.80 Å². The van der Waals surface area contributed by atoms with E-state index in [4.69, 9.17) is 19.9 Å². The molecular formula is C93H60N6S2. The molecular weight excluding hydrogens is 1270 g/mol. The SMILES string of the molecule is CC1(C)c2cc(-c3ccc(-c4ccc(N(c5ccccc5)c5nc(-c6cccc7c6sc6cc8ccccc8cc67)c6ccccc6n5)cc4)cc3)ccc2-c2ccc(N(c3ccc(-c4ccccc4)cc3)c3nc(-c4cccc5c4sc4cc6ccccc6cc45)c4ccccc4n3)cc21. The normalized spacial score (nSPS) is 12.5. The minimum atomic E-state index is -0.339. The molecule has 6 nitrogen and oxygen atoms in total. The van der Waals surface area contributed by atoms with Crippen molar-refractivity contribution in [1.82, 2.24) is 19.9 Å². The van der Waals surface area contributed by atoms with Crippen molar-refractivity contribution in [3.8, 4) is 67.0 Å². The van der Waals surface area contributed by atoms with E-state index in [0.717, 1.165) is 89.3 Å². The molecule has 4 heterocycles. The molecule has 474 valence electrons. The molecule has 8 heteroatoms. The summed E-state index contributed by atoms with van der Waals surface area (Å²) in [6.07, 6.45) is 0. The summed E-state index contributed by atoms with van der Waals surface area (Å²) < 4.78 is 4.96. The first-order valence-corrected chi connectivity index (χ1v) is 35.9. The van der Waals surface area contributed by atoms with E-state index in [9.17, 15) is 0 Å². The molecule has 20 rings (SSSR count). The number of thiophene rings is 2. The van der Waals surface area contributed by atoms with Crippen LogP contribution in [0.15, 0.2) is 328 Å². The molecule has 0 spiro atoms. The fourth-order valence-electron chi connectivity index (χ4n) is 15.6. The van der Waals surface area contributed by atoms with Gasteiger partial charge in [-0.1, -0.05) is 250 Å². The number of fused-ring (bicyclic) bond motifs is 13. The van der Waals surface area contributed by atoms with Gasteiger partial charge in [0.2, 0.25) is 11.9 Å². The second-order valence-electron chi connectivity index (χ2n) is 26.9. The van der Waals surface area contributed by atoms with E-state index >= 15 is 0 Å². The second kappa shape index (κ2) is 23.4. The minimum Gasteiger partial charge on any atom is -0.279 e. The van der Waals surface area contributed by atoms with Crippen LogP contribution in [0.1, 0.15) is 25.0 Å². The maximum Gasteiger partial charge on any atom is 0.235 e. The Morgan fingerprint density at radius 3 is 1.14 bits per heavy atom. The summed E-state index contributed by atoms with van der Waals surface area (Å²) in [4.78, 5) is 26.5. The van der Waals surface area contributed by atoms with Crippen LogP contribution >= 0.6 is 22.7 Å². The van der Waals surface area contributed by atoms with Crippen molar-refractivity contribution in [2.24, 2.45) is 0 Å². The van der Waals surface area contributed by atoms with Crippen LogP contribution in [0.5, 0.6) is 0 Å². The molecule has 0 unspecified atom stereocenters. The van der Waals surface area contributed by atoms with E-state index in [2.05, 4.69) is 351 Å². The average Bonchev–Trinajstić information content (AvgIpc) is 1.63. The van der Waals surface area contributed by atoms with E-state index in [0.29, 0.717) is 11.9 Å². The molecule has 19 aromatic rings. The second-order valence-corrected chi connectivity index (χ2v) is 29.0. The highest BCUT2D eigenvalue weighted by Gasteiger charge is 2.37. The van der Waals surface area contributed by atoms with Gasteiger partial charge in [0.1, 0.15) is 0 Å². The molecule has 1 aliphatic rings. The first-order valence-electron chi connectivity index (χ1n) is 34.3. The summed E-state index contributed by atoms with van der Waals surface area (Å²) in [7, 11) is 0. The van der Waals surface area contributed by atoms with Crippen LogP contribution in [-0.2, 0) is 5.41 Å². The molecule has 0 atom stereocenters. The number of aromatic nitrogens is 4. The van der Waals surface area contributed by atoms with Crippen molar-refractivity contribution in [3.05, 3.63) is 339 Å². The van der Waals surface area contributed by atoms with Crippen LogP contribution in [0.2, 0.25) is 0 Å². The van der Waals surface area contributed by atoms with Gasteiger partial charge in [-0.3, -0.25) is 9.80 Å². The monoisotopic (exact) mass is 1320 g/mol. The fourth-order valence-corrected chi connectivity index (χ4v) is 18.0. The number of rotatable bonds is 11. The van der Waals surface area contributed by atoms with Crippen LogP contribution in [0.25, 0.3) is 151 Å². The Morgan fingerprint density at radius 1 is 0.257 bits per heavy atom.